The average molecular weight is 393 g/mol. The molecule has 2 rings (SSSR count). The van der Waals surface area contributed by atoms with Crippen LogP contribution in [0.5, 0.6) is 11.5 Å². The van der Waals surface area contributed by atoms with Crippen LogP contribution in [0.15, 0.2) is 48.5 Å². The molecule has 2 aromatic carbocycles. The van der Waals surface area contributed by atoms with Crippen LogP contribution in [0, 0.1) is 5.92 Å². The fraction of sp³-hybridized carbons (Fsp3) is 0.455. The molecule has 27 heavy (non-hydrogen) atoms. The Labute approximate surface area is 166 Å². The second kappa shape index (κ2) is 9.98. The van der Waals surface area contributed by atoms with Crippen molar-refractivity contribution in [1.29, 1.82) is 0 Å². The highest BCUT2D eigenvalue weighted by Crippen LogP contribution is 2.33. The second-order valence-electron chi connectivity index (χ2n) is 7.39. The molecule has 5 heteroatoms. The molecule has 2 atom stereocenters. The molecule has 0 spiro atoms. The lowest BCUT2D eigenvalue weighted by atomic mass is 9.78. The predicted octanol–water partition coefficient (Wildman–Crippen LogP) is 4.00. The summed E-state index contributed by atoms with van der Waals surface area (Å²) in [6, 6.07) is 16.0. The monoisotopic (exact) mass is 392 g/mol. The average Bonchev–Trinajstić information content (AvgIpc) is 2.70. The zero-order chi connectivity index (χ0) is 19.9. The van der Waals surface area contributed by atoms with E-state index in [0.29, 0.717) is 12.4 Å². The van der Waals surface area contributed by atoms with Gasteiger partial charge in [-0.2, -0.15) is 0 Å². The number of aliphatic hydroxyl groups is 2. The van der Waals surface area contributed by atoms with Gasteiger partial charge in [-0.1, -0.05) is 45.0 Å². The summed E-state index contributed by atoms with van der Waals surface area (Å²) in [5.74, 6) is 1.79. The normalized spacial score (nSPS) is 13.9. The maximum atomic E-state index is 9.48. The highest BCUT2D eigenvalue weighted by atomic mass is 35.5. The van der Waals surface area contributed by atoms with Crippen molar-refractivity contribution >= 4 is 11.6 Å². The van der Waals surface area contributed by atoms with Crippen molar-refractivity contribution in [2.45, 2.75) is 32.3 Å². The van der Waals surface area contributed by atoms with Crippen molar-refractivity contribution in [2.75, 3.05) is 25.7 Å². The van der Waals surface area contributed by atoms with Crippen LogP contribution in [0.4, 0.5) is 0 Å². The van der Waals surface area contributed by atoms with Gasteiger partial charge >= 0.3 is 0 Å². The van der Waals surface area contributed by atoms with Crippen LogP contribution >= 0.6 is 11.6 Å². The van der Waals surface area contributed by atoms with Crippen molar-refractivity contribution in [3.8, 4) is 11.5 Å². The van der Waals surface area contributed by atoms with Crippen LogP contribution in [0.25, 0.3) is 0 Å². The molecule has 0 aliphatic heterocycles. The Hall–Kier alpha value is -1.75. The minimum absolute atomic E-state index is 0.118. The van der Waals surface area contributed by atoms with E-state index in [2.05, 4.69) is 26.0 Å². The van der Waals surface area contributed by atoms with E-state index in [0.717, 1.165) is 11.3 Å². The largest absolute Gasteiger partial charge is 0.493 e. The third-order valence-electron chi connectivity index (χ3n) is 4.62. The number of benzene rings is 2. The van der Waals surface area contributed by atoms with E-state index in [9.17, 15) is 5.11 Å². The number of alkyl halides is 1. The molecule has 2 unspecified atom stereocenters. The first kappa shape index (κ1) is 21.5. The lowest BCUT2D eigenvalue weighted by molar-refractivity contribution is 0.125. The Morgan fingerprint density at radius 1 is 0.889 bits per heavy atom. The van der Waals surface area contributed by atoms with Gasteiger partial charge in [0.15, 0.2) is 0 Å². The highest BCUT2D eigenvalue weighted by molar-refractivity contribution is 6.18. The molecule has 0 amide bonds. The van der Waals surface area contributed by atoms with Gasteiger partial charge in [0, 0.05) is 17.9 Å². The first-order valence-corrected chi connectivity index (χ1v) is 9.71. The number of hydrogen-bond donors (Lipinski definition) is 2. The lowest BCUT2D eigenvalue weighted by Crippen LogP contribution is -2.20. The minimum atomic E-state index is -0.663. The van der Waals surface area contributed by atoms with E-state index in [1.807, 2.05) is 43.3 Å². The molecule has 4 nitrogen and oxygen atoms in total. The van der Waals surface area contributed by atoms with Crippen LogP contribution in [0.3, 0.4) is 0 Å². The molecule has 0 fully saturated rings. The summed E-state index contributed by atoms with van der Waals surface area (Å²) in [5.41, 5.74) is 2.16. The minimum Gasteiger partial charge on any atom is -0.493 e. The topological polar surface area (TPSA) is 58.9 Å². The van der Waals surface area contributed by atoms with E-state index < -0.39 is 6.10 Å². The number of rotatable bonds is 10. The van der Waals surface area contributed by atoms with E-state index in [1.165, 1.54) is 5.56 Å². The van der Waals surface area contributed by atoms with Gasteiger partial charge in [-0.25, -0.2) is 0 Å². The molecule has 0 saturated heterocycles. The second-order valence-corrected chi connectivity index (χ2v) is 7.70. The summed E-state index contributed by atoms with van der Waals surface area (Å²) in [4.78, 5) is 0. The summed E-state index contributed by atoms with van der Waals surface area (Å²) in [5, 5.41) is 18.6. The smallest absolute Gasteiger partial charge is 0.119 e. The Bertz CT molecular complexity index is 623. The quantitative estimate of drug-likeness (QED) is 0.600. The van der Waals surface area contributed by atoms with E-state index in [1.54, 1.807) is 0 Å². The molecule has 0 aliphatic carbocycles. The summed E-state index contributed by atoms with van der Waals surface area (Å²) < 4.78 is 11.2. The molecule has 2 aromatic rings. The zero-order valence-corrected chi connectivity index (χ0v) is 16.9. The number of ether oxygens (including phenoxy) is 2. The van der Waals surface area contributed by atoms with E-state index >= 15 is 0 Å². The van der Waals surface area contributed by atoms with Crippen molar-refractivity contribution in [1.82, 2.24) is 0 Å². The Balaban J connectivity index is 2.04. The van der Waals surface area contributed by atoms with Crippen molar-refractivity contribution in [3.63, 3.8) is 0 Å². The molecule has 0 aliphatic rings. The first-order chi connectivity index (χ1) is 12.9. The van der Waals surface area contributed by atoms with Gasteiger partial charge in [0.25, 0.3) is 0 Å². The molecule has 0 bridgehead atoms. The molecule has 2 N–H and O–H groups in total. The van der Waals surface area contributed by atoms with Gasteiger partial charge in [0.05, 0.1) is 12.5 Å². The van der Waals surface area contributed by atoms with Crippen molar-refractivity contribution in [3.05, 3.63) is 59.7 Å². The lowest BCUT2D eigenvalue weighted by Gasteiger charge is -2.26. The number of aliphatic hydroxyl groups excluding tert-OH is 2. The molecule has 0 aromatic heterocycles. The summed E-state index contributed by atoms with van der Waals surface area (Å²) in [6.45, 7) is 7.09. The Morgan fingerprint density at radius 3 is 1.74 bits per heavy atom. The third kappa shape index (κ3) is 6.13. The number of halogens is 1. The zero-order valence-electron chi connectivity index (χ0n) is 16.2. The van der Waals surface area contributed by atoms with Crippen LogP contribution in [-0.4, -0.2) is 42.0 Å². The molecule has 148 valence electrons. The van der Waals surface area contributed by atoms with Gasteiger partial charge in [-0.3, -0.25) is 0 Å². The van der Waals surface area contributed by atoms with Gasteiger partial charge in [0.2, 0.25) is 0 Å². The van der Waals surface area contributed by atoms with Gasteiger partial charge in [0.1, 0.15) is 24.2 Å². The maximum absolute atomic E-state index is 9.48. The van der Waals surface area contributed by atoms with E-state index in [-0.39, 0.29) is 30.4 Å². The van der Waals surface area contributed by atoms with Crippen LogP contribution in [-0.2, 0) is 5.41 Å². The number of hydrogen-bond acceptors (Lipinski definition) is 4. The third-order valence-corrected chi connectivity index (χ3v) is 4.97. The molecule has 0 radical (unpaired) electrons. The van der Waals surface area contributed by atoms with Gasteiger partial charge in [-0.15, -0.1) is 11.6 Å². The standard InChI is InChI=1S/C22H29ClO4/c1-16(13-24)14-26-20-8-4-17(5-9-20)22(2,3)18-6-10-21(11-7-18)27-15-19(25)12-23/h4-11,16,19,24-25H,12-15H2,1-3H3. The Kier molecular flexibility index (Phi) is 7.96. The maximum Gasteiger partial charge on any atom is 0.119 e. The fourth-order valence-corrected chi connectivity index (χ4v) is 2.72. The summed E-state index contributed by atoms with van der Waals surface area (Å²) in [6.07, 6.45) is -0.663. The van der Waals surface area contributed by atoms with Crippen molar-refractivity contribution < 1.29 is 19.7 Å². The molecule has 0 heterocycles. The predicted molar refractivity (Wildman–Crippen MR) is 109 cm³/mol. The van der Waals surface area contributed by atoms with E-state index in [4.69, 9.17) is 26.2 Å². The van der Waals surface area contributed by atoms with Gasteiger partial charge < -0.3 is 19.7 Å². The first-order valence-electron chi connectivity index (χ1n) is 9.18. The van der Waals surface area contributed by atoms with Crippen LogP contribution in [0.2, 0.25) is 0 Å². The molecular formula is C22H29ClO4. The SMILES string of the molecule is CC(CO)COc1ccc(C(C)(C)c2ccc(OCC(O)CCl)cc2)cc1. The Morgan fingerprint density at radius 2 is 1.33 bits per heavy atom. The van der Waals surface area contributed by atoms with Crippen molar-refractivity contribution in [2.24, 2.45) is 5.92 Å². The fourth-order valence-electron chi connectivity index (χ4n) is 2.63. The van der Waals surface area contributed by atoms with Gasteiger partial charge in [-0.05, 0) is 35.4 Å². The van der Waals surface area contributed by atoms with Crippen LogP contribution in [0.1, 0.15) is 31.9 Å². The summed E-state index contributed by atoms with van der Waals surface area (Å²) >= 11 is 5.57. The highest BCUT2D eigenvalue weighted by Gasteiger charge is 2.23. The summed E-state index contributed by atoms with van der Waals surface area (Å²) in [7, 11) is 0. The van der Waals surface area contributed by atoms with Crippen LogP contribution < -0.4 is 9.47 Å². The molecule has 0 saturated carbocycles. The molecular weight excluding hydrogens is 364 g/mol.